The smallest absolute Gasteiger partial charge is 0.335 e. The first-order valence-corrected chi connectivity index (χ1v) is 6.20. The van der Waals surface area contributed by atoms with Crippen LogP contribution in [0.4, 0.5) is 5.69 Å². The summed E-state index contributed by atoms with van der Waals surface area (Å²) >= 11 is 0. The SMILES string of the molecule is CC1CCC(c2cc(N)cc(C(=O)O)c2)CC1. The number of nitrogens with two attached hydrogens (primary N) is 1. The van der Waals surface area contributed by atoms with Crippen molar-refractivity contribution >= 4 is 11.7 Å². The minimum Gasteiger partial charge on any atom is -0.478 e. The van der Waals surface area contributed by atoms with Crippen LogP contribution in [0.3, 0.4) is 0 Å². The Bertz CT molecular complexity index is 420. The molecule has 0 radical (unpaired) electrons. The van der Waals surface area contributed by atoms with Crippen LogP contribution < -0.4 is 5.73 Å². The van der Waals surface area contributed by atoms with E-state index in [1.165, 1.54) is 18.9 Å². The van der Waals surface area contributed by atoms with Gasteiger partial charge in [-0.05, 0) is 48.4 Å². The van der Waals surface area contributed by atoms with Gasteiger partial charge in [-0.15, -0.1) is 0 Å². The van der Waals surface area contributed by atoms with Gasteiger partial charge >= 0.3 is 5.97 Å². The maximum atomic E-state index is 11.0. The molecule has 1 fully saturated rings. The van der Waals surface area contributed by atoms with Gasteiger partial charge in [0.15, 0.2) is 0 Å². The lowest BCUT2D eigenvalue weighted by Crippen LogP contribution is -2.12. The highest BCUT2D eigenvalue weighted by molar-refractivity contribution is 5.89. The van der Waals surface area contributed by atoms with Crippen molar-refractivity contribution in [1.29, 1.82) is 0 Å². The Hall–Kier alpha value is -1.51. The molecule has 0 amide bonds. The molecular formula is C14H19NO2. The van der Waals surface area contributed by atoms with E-state index in [1.54, 1.807) is 6.07 Å². The van der Waals surface area contributed by atoms with Gasteiger partial charge in [0, 0.05) is 5.69 Å². The fourth-order valence-electron chi connectivity index (χ4n) is 2.63. The number of carboxylic acids is 1. The molecule has 92 valence electrons. The predicted octanol–water partition coefficient (Wildman–Crippen LogP) is 3.26. The number of aromatic carboxylic acids is 1. The molecule has 17 heavy (non-hydrogen) atoms. The van der Waals surface area contributed by atoms with Crippen molar-refractivity contribution in [3.63, 3.8) is 0 Å². The van der Waals surface area contributed by atoms with Crippen LogP contribution in [0, 0.1) is 5.92 Å². The molecule has 0 saturated heterocycles. The molecule has 3 heteroatoms. The van der Waals surface area contributed by atoms with Crippen LogP contribution in [-0.4, -0.2) is 11.1 Å². The molecule has 0 atom stereocenters. The Balaban J connectivity index is 2.23. The zero-order chi connectivity index (χ0) is 12.4. The van der Waals surface area contributed by atoms with Gasteiger partial charge in [0.1, 0.15) is 0 Å². The quantitative estimate of drug-likeness (QED) is 0.771. The Morgan fingerprint density at radius 1 is 1.24 bits per heavy atom. The predicted molar refractivity (Wildman–Crippen MR) is 68.2 cm³/mol. The third-order valence-electron chi connectivity index (χ3n) is 3.71. The lowest BCUT2D eigenvalue weighted by molar-refractivity contribution is 0.0696. The Labute approximate surface area is 102 Å². The van der Waals surface area contributed by atoms with Gasteiger partial charge in [0.2, 0.25) is 0 Å². The number of anilines is 1. The molecule has 0 aliphatic heterocycles. The lowest BCUT2D eigenvalue weighted by Gasteiger charge is -2.26. The largest absolute Gasteiger partial charge is 0.478 e. The summed E-state index contributed by atoms with van der Waals surface area (Å²) in [7, 11) is 0. The third kappa shape index (κ3) is 2.78. The van der Waals surface area contributed by atoms with E-state index in [0.29, 0.717) is 17.2 Å². The van der Waals surface area contributed by atoms with Crippen LogP contribution >= 0.6 is 0 Å². The van der Waals surface area contributed by atoms with E-state index in [4.69, 9.17) is 10.8 Å². The number of benzene rings is 1. The van der Waals surface area contributed by atoms with E-state index in [0.717, 1.165) is 24.3 Å². The molecule has 3 N–H and O–H groups in total. The Kier molecular flexibility index (Phi) is 3.36. The topological polar surface area (TPSA) is 63.3 Å². The zero-order valence-electron chi connectivity index (χ0n) is 10.1. The number of rotatable bonds is 2. The van der Waals surface area contributed by atoms with Crippen LogP contribution in [0.25, 0.3) is 0 Å². The van der Waals surface area contributed by atoms with Gasteiger partial charge < -0.3 is 10.8 Å². The summed E-state index contributed by atoms with van der Waals surface area (Å²) in [4.78, 5) is 11.0. The maximum absolute atomic E-state index is 11.0. The lowest BCUT2D eigenvalue weighted by atomic mass is 9.79. The van der Waals surface area contributed by atoms with Gasteiger partial charge in [-0.25, -0.2) is 4.79 Å². The van der Waals surface area contributed by atoms with E-state index in [9.17, 15) is 4.79 Å². The highest BCUT2D eigenvalue weighted by atomic mass is 16.4. The number of nitrogen functional groups attached to an aromatic ring is 1. The maximum Gasteiger partial charge on any atom is 0.335 e. The summed E-state index contributed by atoms with van der Waals surface area (Å²) in [6.45, 7) is 2.28. The van der Waals surface area contributed by atoms with Crippen LogP contribution in [0.5, 0.6) is 0 Å². The molecule has 0 heterocycles. The summed E-state index contributed by atoms with van der Waals surface area (Å²) in [5.74, 6) is 0.377. The first-order valence-electron chi connectivity index (χ1n) is 6.20. The van der Waals surface area contributed by atoms with Crippen molar-refractivity contribution in [3.8, 4) is 0 Å². The van der Waals surface area contributed by atoms with Gasteiger partial charge in [-0.1, -0.05) is 19.8 Å². The zero-order valence-corrected chi connectivity index (χ0v) is 10.1. The van der Waals surface area contributed by atoms with Crippen molar-refractivity contribution in [1.82, 2.24) is 0 Å². The number of carbonyl (C=O) groups is 1. The van der Waals surface area contributed by atoms with Crippen molar-refractivity contribution in [2.24, 2.45) is 5.92 Å². The number of hydrogen-bond acceptors (Lipinski definition) is 2. The van der Waals surface area contributed by atoms with Crippen LogP contribution in [0.1, 0.15) is 54.4 Å². The fraction of sp³-hybridized carbons (Fsp3) is 0.500. The van der Waals surface area contributed by atoms with Crippen LogP contribution in [0.2, 0.25) is 0 Å². The fourth-order valence-corrected chi connectivity index (χ4v) is 2.63. The van der Waals surface area contributed by atoms with E-state index in [1.807, 2.05) is 6.07 Å². The molecule has 2 rings (SSSR count). The second kappa shape index (κ2) is 4.78. The minimum atomic E-state index is -0.900. The van der Waals surface area contributed by atoms with Crippen molar-refractivity contribution < 1.29 is 9.90 Å². The number of carboxylic acid groups (broad SMARTS) is 1. The van der Waals surface area contributed by atoms with Crippen molar-refractivity contribution in [2.75, 3.05) is 5.73 Å². The molecule has 1 saturated carbocycles. The van der Waals surface area contributed by atoms with Gasteiger partial charge in [-0.2, -0.15) is 0 Å². The molecular weight excluding hydrogens is 214 g/mol. The third-order valence-corrected chi connectivity index (χ3v) is 3.71. The highest BCUT2D eigenvalue weighted by Gasteiger charge is 2.20. The first-order chi connectivity index (χ1) is 8.06. The molecule has 1 aromatic carbocycles. The number of hydrogen-bond donors (Lipinski definition) is 2. The molecule has 0 spiro atoms. The molecule has 0 aromatic heterocycles. The summed E-state index contributed by atoms with van der Waals surface area (Å²) in [5, 5.41) is 9.02. The second-order valence-electron chi connectivity index (χ2n) is 5.15. The highest BCUT2D eigenvalue weighted by Crippen LogP contribution is 2.36. The van der Waals surface area contributed by atoms with Crippen LogP contribution in [0.15, 0.2) is 18.2 Å². The summed E-state index contributed by atoms with van der Waals surface area (Å²) in [6.07, 6.45) is 4.73. The molecule has 0 bridgehead atoms. The molecule has 1 aliphatic rings. The van der Waals surface area contributed by atoms with E-state index in [-0.39, 0.29) is 0 Å². The van der Waals surface area contributed by atoms with Crippen molar-refractivity contribution in [2.45, 2.75) is 38.5 Å². The molecule has 3 nitrogen and oxygen atoms in total. The second-order valence-corrected chi connectivity index (χ2v) is 5.15. The average molecular weight is 233 g/mol. The normalized spacial score (nSPS) is 24.5. The van der Waals surface area contributed by atoms with E-state index in [2.05, 4.69) is 6.92 Å². The molecule has 1 aromatic rings. The Morgan fingerprint density at radius 2 is 1.88 bits per heavy atom. The summed E-state index contributed by atoms with van der Waals surface area (Å²) in [6, 6.07) is 5.23. The average Bonchev–Trinajstić information content (AvgIpc) is 2.29. The van der Waals surface area contributed by atoms with Gasteiger partial charge in [-0.3, -0.25) is 0 Å². The van der Waals surface area contributed by atoms with E-state index >= 15 is 0 Å². The summed E-state index contributed by atoms with van der Waals surface area (Å²) < 4.78 is 0. The Morgan fingerprint density at radius 3 is 2.47 bits per heavy atom. The summed E-state index contributed by atoms with van der Waals surface area (Å²) in [5.41, 5.74) is 7.72. The molecule has 1 aliphatic carbocycles. The van der Waals surface area contributed by atoms with Gasteiger partial charge in [0.05, 0.1) is 5.56 Å². The standard InChI is InChI=1S/C14H19NO2/c1-9-2-4-10(5-3-9)11-6-12(14(16)17)8-13(15)7-11/h6-10H,2-5,15H2,1H3,(H,16,17). The first kappa shape index (κ1) is 12.0. The molecule has 0 unspecified atom stereocenters. The van der Waals surface area contributed by atoms with Crippen molar-refractivity contribution in [3.05, 3.63) is 29.3 Å². The van der Waals surface area contributed by atoms with Crippen LogP contribution in [-0.2, 0) is 0 Å². The monoisotopic (exact) mass is 233 g/mol. The van der Waals surface area contributed by atoms with Gasteiger partial charge in [0.25, 0.3) is 0 Å². The minimum absolute atomic E-state index is 0.304. The van der Waals surface area contributed by atoms with E-state index < -0.39 is 5.97 Å².